The maximum Gasteiger partial charge on any atom is 0.472 e. The van der Waals surface area contributed by atoms with E-state index in [0.717, 1.165) is 0 Å². The van der Waals surface area contributed by atoms with Crippen molar-refractivity contribution in [2.45, 2.75) is 39.9 Å². The average Bonchev–Trinajstić information content (AvgIpc) is 2.14. The van der Waals surface area contributed by atoms with E-state index in [1.165, 1.54) is 0 Å². The van der Waals surface area contributed by atoms with Crippen molar-refractivity contribution in [1.29, 1.82) is 0 Å². The third kappa shape index (κ3) is 6.74. The largest absolute Gasteiger partial charge is 0.472 e. The molecule has 0 radical (unpaired) electrons. The van der Waals surface area contributed by atoms with Crippen LogP contribution in [0.1, 0.15) is 33.6 Å². The zero-order valence-corrected chi connectivity index (χ0v) is 10.4. The molecule has 1 unspecified atom stereocenters. The van der Waals surface area contributed by atoms with Crippen molar-refractivity contribution in [2.24, 2.45) is 0 Å². The summed E-state index contributed by atoms with van der Waals surface area (Å²) in [5.41, 5.74) is 0.357. The Balaban J connectivity index is 4.45. The van der Waals surface area contributed by atoms with E-state index < -0.39 is 20.1 Å². The molecular weight excluding hydrogens is 235 g/mol. The van der Waals surface area contributed by atoms with Crippen molar-refractivity contribution in [3.63, 3.8) is 0 Å². The number of allylic oxidation sites excluding steroid dienone is 1. The van der Waals surface area contributed by atoms with E-state index >= 15 is 0 Å². The molecule has 0 rings (SSSR count). The van der Waals surface area contributed by atoms with Gasteiger partial charge < -0.3 is 14.5 Å². The fourth-order valence-corrected chi connectivity index (χ4v) is 1.31. The minimum atomic E-state index is -4.64. The van der Waals surface area contributed by atoms with Gasteiger partial charge in [0.1, 0.15) is 0 Å². The molecular formula is C9H17O6P. The summed E-state index contributed by atoms with van der Waals surface area (Å²) in [5, 5.41) is 0. The third-order valence-corrected chi connectivity index (χ3v) is 2.28. The van der Waals surface area contributed by atoms with Crippen LogP contribution in [0.5, 0.6) is 0 Å². The number of carbonyl (C=O) groups excluding carboxylic acids is 1. The maximum atomic E-state index is 11.3. The van der Waals surface area contributed by atoms with Crippen LogP contribution in [-0.4, -0.2) is 22.0 Å². The molecule has 0 saturated heterocycles. The second-order valence-electron chi connectivity index (χ2n) is 3.19. The molecule has 0 heterocycles. The highest BCUT2D eigenvalue weighted by molar-refractivity contribution is 7.46. The molecule has 0 aliphatic heterocycles. The van der Waals surface area contributed by atoms with E-state index in [1.807, 2.05) is 0 Å². The van der Waals surface area contributed by atoms with Crippen molar-refractivity contribution < 1.29 is 28.4 Å². The lowest BCUT2D eigenvalue weighted by Gasteiger charge is -2.17. The van der Waals surface area contributed by atoms with Crippen molar-refractivity contribution in [3.8, 4) is 0 Å². The number of hydrogen-bond acceptors (Lipinski definition) is 4. The fraction of sp³-hybridized carbons (Fsp3) is 0.667. The highest BCUT2D eigenvalue weighted by atomic mass is 31.2. The predicted molar refractivity (Wildman–Crippen MR) is 57.3 cm³/mol. The van der Waals surface area contributed by atoms with Gasteiger partial charge in [-0.2, -0.15) is 0 Å². The molecule has 0 bridgehead atoms. The van der Waals surface area contributed by atoms with Gasteiger partial charge in [-0.25, -0.2) is 13.9 Å². The molecule has 2 N–H and O–H groups in total. The predicted octanol–water partition coefficient (Wildman–Crippen LogP) is 1.73. The second kappa shape index (κ2) is 6.81. The molecule has 1 atom stereocenters. The van der Waals surface area contributed by atoms with Crippen molar-refractivity contribution in [2.75, 3.05) is 0 Å². The Morgan fingerprint density at radius 2 is 2.06 bits per heavy atom. The summed E-state index contributed by atoms with van der Waals surface area (Å²) < 4.78 is 19.7. The van der Waals surface area contributed by atoms with Crippen molar-refractivity contribution >= 4 is 13.8 Å². The standard InChI is InChI=1S/C9H17O6P/c1-4-6-8(15-16(11,12)13)14-9(10)7(3)5-2/h5,8H,4,6H2,1-3H3,(H2,11,12,13)/b7-5+. The summed E-state index contributed by atoms with van der Waals surface area (Å²) in [4.78, 5) is 28.5. The number of hydrogen-bond donors (Lipinski definition) is 2. The molecule has 0 fully saturated rings. The van der Waals surface area contributed by atoms with E-state index in [4.69, 9.17) is 14.5 Å². The number of ether oxygens (including phenoxy) is 1. The Bertz CT molecular complexity index is 305. The topological polar surface area (TPSA) is 93.1 Å². The molecule has 0 aromatic heterocycles. The van der Waals surface area contributed by atoms with Gasteiger partial charge in [0.25, 0.3) is 0 Å². The summed E-state index contributed by atoms with van der Waals surface area (Å²) in [6.07, 6.45) is 1.14. The molecule has 16 heavy (non-hydrogen) atoms. The maximum absolute atomic E-state index is 11.3. The lowest BCUT2D eigenvalue weighted by molar-refractivity contribution is -0.161. The van der Waals surface area contributed by atoms with E-state index in [-0.39, 0.29) is 6.42 Å². The molecule has 0 aromatic rings. The number of esters is 1. The van der Waals surface area contributed by atoms with Crippen LogP contribution in [0.3, 0.4) is 0 Å². The Hall–Kier alpha value is -0.680. The first-order valence-electron chi connectivity index (χ1n) is 4.88. The zero-order chi connectivity index (χ0) is 12.8. The number of rotatable bonds is 6. The molecule has 0 amide bonds. The fourth-order valence-electron chi connectivity index (χ4n) is 0.852. The van der Waals surface area contributed by atoms with Crippen LogP contribution in [0.4, 0.5) is 0 Å². The summed E-state index contributed by atoms with van der Waals surface area (Å²) in [6.45, 7) is 4.99. The van der Waals surface area contributed by atoms with Gasteiger partial charge in [-0.1, -0.05) is 19.4 Å². The van der Waals surface area contributed by atoms with Gasteiger partial charge in [0.15, 0.2) is 0 Å². The quantitative estimate of drug-likeness (QED) is 0.323. The molecule has 0 aliphatic rings. The minimum Gasteiger partial charge on any atom is -0.432 e. The highest BCUT2D eigenvalue weighted by Gasteiger charge is 2.24. The Morgan fingerprint density at radius 1 is 1.50 bits per heavy atom. The molecule has 6 nitrogen and oxygen atoms in total. The molecule has 7 heteroatoms. The monoisotopic (exact) mass is 252 g/mol. The first kappa shape index (κ1) is 15.3. The van der Waals surface area contributed by atoms with Gasteiger partial charge in [0.2, 0.25) is 6.29 Å². The first-order chi connectivity index (χ1) is 7.30. The van der Waals surface area contributed by atoms with E-state index in [2.05, 4.69) is 4.52 Å². The molecule has 94 valence electrons. The average molecular weight is 252 g/mol. The first-order valence-corrected chi connectivity index (χ1v) is 6.41. The van der Waals surface area contributed by atoms with Crippen molar-refractivity contribution in [1.82, 2.24) is 0 Å². The summed E-state index contributed by atoms with van der Waals surface area (Å²) >= 11 is 0. The van der Waals surface area contributed by atoms with Crippen LogP contribution >= 0.6 is 7.82 Å². The van der Waals surface area contributed by atoms with E-state index in [0.29, 0.717) is 12.0 Å². The second-order valence-corrected chi connectivity index (χ2v) is 4.38. The van der Waals surface area contributed by atoms with Crippen molar-refractivity contribution in [3.05, 3.63) is 11.6 Å². The van der Waals surface area contributed by atoms with Gasteiger partial charge in [-0.05, 0) is 13.8 Å². The van der Waals surface area contributed by atoms with Crippen LogP contribution < -0.4 is 0 Å². The normalized spacial score (nSPS) is 14.7. The van der Waals surface area contributed by atoms with E-state index in [9.17, 15) is 9.36 Å². The summed E-state index contributed by atoms with van der Waals surface area (Å²) in [6, 6.07) is 0. The SMILES string of the molecule is C/C=C(\C)C(=O)OC(CCC)OP(=O)(O)O. The number of phosphoric ester groups is 1. The van der Waals surface area contributed by atoms with Gasteiger partial charge >= 0.3 is 13.8 Å². The Morgan fingerprint density at radius 3 is 2.44 bits per heavy atom. The lowest BCUT2D eigenvalue weighted by Crippen LogP contribution is -2.20. The smallest absolute Gasteiger partial charge is 0.432 e. The number of phosphoric acid groups is 1. The summed E-state index contributed by atoms with van der Waals surface area (Å²) in [5.74, 6) is -0.644. The zero-order valence-electron chi connectivity index (χ0n) is 9.54. The number of carbonyl (C=O) groups is 1. The molecule has 0 spiro atoms. The van der Waals surface area contributed by atoms with Gasteiger partial charge in [-0.15, -0.1) is 0 Å². The van der Waals surface area contributed by atoms with Gasteiger partial charge in [-0.3, -0.25) is 0 Å². The van der Waals surface area contributed by atoms with Crippen LogP contribution in [0, 0.1) is 0 Å². The molecule has 0 saturated carbocycles. The third-order valence-electron chi connectivity index (χ3n) is 1.77. The minimum absolute atomic E-state index is 0.230. The summed E-state index contributed by atoms with van der Waals surface area (Å²) in [7, 11) is -4.64. The molecule has 0 aromatic carbocycles. The van der Waals surface area contributed by atoms with Gasteiger partial charge in [0.05, 0.1) is 0 Å². The van der Waals surface area contributed by atoms with Crippen LogP contribution in [0.2, 0.25) is 0 Å². The Labute approximate surface area is 94.5 Å². The van der Waals surface area contributed by atoms with Crippen LogP contribution in [0.25, 0.3) is 0 Å². The lowest BCUT2D eigenvalue weighted by atomic mass is 10.3. The highest BCUT2D eigenvalue weighted by Crippen LogP contribution is 2.38. The van der Waals surface area contributed by atoms with Crippen LogP contribution in [0.15, 0.2) is 11.6 Å². The molecule has 0 aliphatic carbocycles. The van der Waals surface area contributed by atoms with Crippen LogP contribution in [-0.2, 0) is 18.6 Å². The van der Waals surface area contributed by atoms with E-state index in [1.54, 1.807) is 26.8 Å². The van der Waals surface area contributed by atoms with Gasteiger partial charge in [0, 0.05) is 12.0 Å². The Kier molecular flexibility index (Phi) is 6.52.